The molecular weight excluding hydrogens is 418 g/mol. The number of benzene rings is 2. The second-order valence-corrected chi connectivity index (χ2v) is 8.57. The number of pyridine rings is 1. The van der Waals surface area contributed by atoms with E-state index in [0.29, 0.717) is 31.5 Å². The molecule has 2 aliphatic heterocycles. The molecule has 2 aromatic carbocycles. The summed E-state index contributed by atoms with van der Waals surface area (Å²) >= 11 is 0. The number of carbonyl (C=O) groups excluding carboxylic acids is 2. The van der Waals surface area contributed by atoms with Crippen LogP contribution in [0.4, 0.5) is 11.5 Å². The van der Waals surface area contributed by atoms with Crippen LogP contribution in [0, 0.1) is 5.92 Å². The second kappa shape index (κ2) is 8.73. The van der Waals surface area contributed by atoms with Gasteiger partial charge >= 0.3 is 5.97 Å². The highest BCUT2D eigenvalue weighted by molar-refractivity contribution is 5.95. The average molecular weight is 446 g/mol. The summed E-state index contributed by atoms with van der Waals surface area (Å²) in [5.41, 5.74) is 3.80. The number of amides is 1. The molecule has 1 amide bonds. The fourth-order valence-corrected chi connectivity index (χ4v) is 4.77. The molecule has 7 heteroatoms. The quantitative estimate of drug-likeness (QED) is 0.566. The Morgan fingerprint density at radius 2 is 1.73 bits per heavy atom. The molecule has 3 aromatic rings. The molecule has 1 fully saturated rings. The van der Waals surface area contributed by atoms with Gasteiger partial charge in [-0.25, -0.2) is 4.98 Å². The van der Waals surface area contributed by atoms with Crippen molar-refractivity contribution in [2.24, 2.45) is 5.92 Å². The van der Waals surface area contributed by atoms with Gasteiger partial charge in [-0.15, -0.1) is 0 Å². The molecule has 1 saturated heterocycles. The number of rotatable bonds is 4. The van der Waals surface area contributed by atoms with Crippen LogP contribution in [0.15, 0.2) is 48.5 Å². The van der Waals surface area contributed by atoms with Crippen molar-refractivity contribution in [3.8, 4) is 5.75 Å². The summed E-state index contributed by atoms with van der Waals surface area (Å²) in [5.74, 6) is 1.46. The minimum Gasteiger partial charge on any atom is -0.497 e. The summed E-state index contributed by atoms with van der Waals surface area (Å²) in [7, 11) is 3.07. The molecule has 170 valence electrons. The molecule has 0 aliphatic carbocycles. The number of piperidine rings is 1. The van der Waals surface area contributed by atoms with Gasteiger partial charge in [0, 0.05) is 42.3 Å². The smallest absolute Gasteiger partial charge is 0.308 e. The molecule has 33 heavy (non-hydrogen) atoms. The SMILES string of the molecule is COC(=O)C1CCN(C(=O)c2ccc(N3CCc4cc5ccc(OC)cc5nc43)cc2)CC1. The number of methoxy groups -OCH3 is 2. The number of anilines is 2. The van der Waals surface area contributed by atoms with Gasteiger partial charge in [0.25, 0.3) is 5.91 Å². The molecule has 0 spiro atoms. The summed E-state index contributed by atoms with van der Waals surface area (Å²) in [5, 5.41) is 1.10. The van der Waals surface area contributed by atoms with Gasteiger partial charge in [0.05, 0.1) is 25.7 Å². The molecule has 0 unspecified atom stereocenters. The summed E-state index contributed by atoms with van der Waals surface area (Å²) in [6.45, 7) is 1.99. The van der Waals surface area contributed by atoms with Gasteiger partial charge in [-0.2, -0.15) is 0 Å². The molecule has 1 aromatic heterocycles. The minimum atomic E-state index is -0.183. The Morgan fingerprint density at radius 3 is 2.42 bits per heavy atom. The maximum atomic E-state index is 13.0. The largest absolute Gasteiger partial charge is 0.497 e. The first-order valence-corrected chi connectivity index (χ1v) is 11.3. The topological polar surface area (TPSA) is 72.0 Å². The molecular formula is C26H27N3O4. The maximum absolute atomic E-state index is 13.0. The number of likely N-dealkylation sites (tertiary alicyclic amines) is 1. The lowest BCUT2D eigenvalue weighted by atomic mass is 9.96. The van der Waals surface area contributed by atoms with E-state index in [-0.39, 0.29) is 17.8 Å². The van der Waals surface area contributed by atoms with Crippen LogP contribution in [0.2, 0.25) is 0 Å². The Kier molecular flexibility index (Phi) is 5.62. The van der Waals surface area contributed by atoms with E-state index in [4.69, 9.17) is 14.5 Å². The van der Waals surface area contributed by atoms with Gasteiger partial charge in [0.15, 0.2) is 0 Å². The van der Waals surface area contributed by atoms with E-state index in [1.54, 1.807) is 7.11 Å². The number of aromatic nitrogens is 1. The van der Waals surface area contributed by atoms with E-state index in [1.807, 2.05) is 47.4 Å². The first-order chi connectivity index (χ1) is 16.1. The normalized spacial score (nSPS) is 16.1. The third kappa shape index (κ3) is 3.99. The van der Waals surface area contributed by atoms with Gasteiger partial charge in [-0.1, -0.05) is 0 Å². The van der Waals surface area contributed by atoms with Crippen molar-refractivity contribution in [1.29, 1.82) is 0 Å². The van der Waals surface area contributed by atoms with Crippen LogP contribution in [0.3, 0.4) is 0 Å². The summed E-state index contributed by atoms with van der Waals surface area (Å²) in [6.07, 6.45) is 2.22. The molecule has 0 bridgehead atoms. The van der Waals surface area contributed by atoms with E-state index in [2.05, 4.69) is 11.0 Å². The first kappa shape index (κ1) is 21.2. The zero-order valence-corrected chi connectivity index (χ0v) is 18.9. The summed E-state index contributed by atoms with van der Waals surface area (Å²) < 4.78 is 10.2. The molecule has 0 saturated carbocycles. The number of fused-ring (bicyclic) bond motifs is 2. The van der Waals surface area contributed by atoms with Crippen LogP contribution >= 0.6 is 0 Å². The number of esters is 1. The molecule has 5 rings (SSSR count). The fourth-order valence-electron chi connectivity index (χ4n) is 4.77. The number of nitrogens with zero attached hydrogens (tertiary/aromatic N) is 3. The van der Waals surface area contributed by atoms with Crippen LogP contribution in [-0.2, 0) is 16.0 Å². The van der Waals surface area contributed by atoms with Gasteiger partial charge in [-0.05, 0) is 67.3 Å². The lowest BCUT2D eigenvalue weighted by molar-refractivity contribution is -0.146. The van der Waals surface area contributed by atoms with Crippen LogP contribution in [0.25, 0.3) is 10.9 Å². The lowest BCUT2D eigenvalue weighted by Gasteiger charge is -2.30. The van der Waals surface area contributed by atoms with Crippen molar-refractivity contribution >= 4 is 34.3 Å². The number of hydrogen-bond acceptors (Lipinski definition) is 6. The molecule has 7 nitrogen and oxygen atoms in total. The van der Waals surface area contributed by atoms with Gasteiger partial charge < -0.3 is 19.3 Å². The Balaban J connectivity index is 1.32. The maximum Gasteiger partial charge on any atom is 0.308 e. The second-order valence-electron chi connectivity index (χ2n) is 8.57. The van der Waals surface area contributed by atoms with Crippen molar-refractivity contribution in [1.82, 2.24) is 9.88 Å². The van der Waals surface area contributed by atoms with Crippen LogP contribution < -0.4 is 9.64 Å². The Bertz CT molecular complexity index is 1200. The molecule has 0 N–H and O–H groups in total. The Morgan fingerprint density at radius 1 is 0.970 bits per heavy atom. The zero-order chi connectivity index (χ0) is 22.9. The minimum absolute atomic E-state index is 0.00269. The molecule has 2 aliphatic rings. The van der Waals surface area contributed by atoms with Gasteiger partial charge in [0.2, 0.25) is 0 Å². The molecule has 0 radical (unpaired) electrons. The average Bonchev–Trinajstić information content (AvgIpc) is 3.28. The van der Waals surface area contributed by atoms with Crippen LogP contribution in [0.5, 0.6) is 5.75 Å². The van der Waals surface area contributed by atoms with Crippen molar-refractivity contribution in [2.45, 2.75) is 19.3 Å². The highest BCUT2D eigenvalue weighted by atomic mass is 16.5. The predicted octanol–water partition coefficient (Wildman–Crippen LogP) is 3.96. The predicted molar refractivity (Wildman–Crippen MR) is 126 cm³/mol. The third-order valence-corrected chi connectivity index (χ3v) is 6.68. The van der Waals surface area contributed by atoms with Crippen LogP contribution in [-0.4, -0.2) is 55.6 Å². The first-order valence-electron chi connectivity index (χ1n) is 11.3. The zero-order valence-electron chi connectivity index (χ0n) is 18.9. The van der Waals surface area contributed by atoms with E-state index in [9.17, 15) is 9.59 Å². The van der Waals surface area contributed by atoms with Crippen molar-refractivity contribution in [2.75, 3.05) is 38.8 Å². The monoisotopic (exact) mass is 445 g/mol. The van der Waals surface area contributed by atoms with Crippen LogP contribution in [0.1, 0.15) is 28.8 Å². The summed E-state index contributed by atoms with van der Waals surface area (Å²) in [4.78, 5) is 33.6. The van der Waals surface area contributed by atoms with E-state index in [1.165, 1.54) is 12.7 Å². The lowest BCUT2D eigenvalue weighted by Crippen LogP contribution is -2.40. The Hall–Kier alpha value is -3.61. The van der Waals surface area contributed by atoms with Gasteiger partial charge in [0.1, 0.15) is 11.6 Å². The van der Waals surface area contributed by atoms with Gasteiger partial charge in [-0.3, -0.25) is 9.59 Å². The van der Waals surface area contributed by atoms with E-state index in [0.717, 1.165) is 41.1 Å². The highest BCUT2D eigenvalue weighted by Crippen LogP contribution is 2.35. The third-order valence-electron chi connectivity index (χ3n) is 6.68. The summed E-state index contributed by atoms with van der Waals surface area (Å²) in [6, 6.07) is 15.9. The number of hydrogen-bond donors (Lipinski definition) is 0. The van der Waals surface area contributed by atoms with Crippen molar-refractivity contribution < 1.29 is 19.1 Å². The van der Waals surface area contributed by atoms with Crippen molar-refractivity contribution in [3.63, 3.8) is 0 Å². The van der Waals surface area contributed by atoms with Crippen molar-refractivity contribution in [3.05, 3.63) is 59.7 Å². The fraction of sp³-hybridized carbons (Fsp3) is 0.346. The molecule has 0 atom stereocenters. The number of carbonyl (C=O) groups is 2. The number of ether oxygens (including phenoxy) is 2. The molecule has 3 heterocycles. The standard InChI is InChI=1S/C26H27N3O4/c1-32-22-8-5-19-15-20-11-14-29(24(20)27-23(19)16-22)21-6-3-17(4-7-21)25(30)28-12-9-18(10-13-28)26(31)33-2/h3-8,15-16,18H,9-14H2,1-2H3. The highest BCUT2D eigenvalue weighted by Gasteiger charge is 2.29. The Labute approximate surface area is 192 Å². The van der Waals surface area contributed by atoms with E-state index < -0.39 is 0 Å². The van der Waals surface area contributed by atoms with E-state index >= 15 is 0 Å².